The highest BCUT2D eigenvalue weighted by Crippen LogP contribution is 2.28. The molecule has 0 N–H and O–H groups in total. The monoisotopic (exact) mass is 279 g/mol. The molecule has 0 aliphatic carbocycles. The van der Waals surface area contributed by atoms with E-state index in [0.717, 1.165) is 37.1 Å². The molecule has 0 unspecified atom stereocenters. The topological polar surface area (TPSA) is 20.3 Å². The third kappa shape index (κ3) is 2.71. The van der Waals surface area contributed by atoms with Crippen molar-refractivity contribution in [3.63, 3.8) is 0 Å². The molecule has 2 aromatic rings. The summed E-state index contributed by atoms with van der Waals surface area (Å²) in [7, 11) is 0. The number of benzene rings is 2. The molecule has 2 aromatic carbocycles. The second-order valence-corrected chi connectivity index (χ2v) is 5.84. The molecule has 2 heteroatoms. The van der Waals surface area contributed by atoms with E-state index >= 15 is 0 Å². The Morgan fingerprint density at radius 3 is 2.29 bits per heavy atom. The average molecular weight is 279 g/mol. The maximum atomic E-state index is 12.6. The van der Waals surface area contributed by atoms with E-state index in [4.69, 9.17) is 0 Å². The number of aryl methyl sites for hydroxylation is 2. The van der Waals surface area contributed by atoms with Gasteiger partial charge in [0, 0.05) is 18.7 Å². The van der Waals surface area contributed by atoms with Crippen molar-refractivity contribution < 1.29 is 4.79 Å². The van der Waals surface area contributed by atoms with E-state index in [-0.39, 0.29) is 5.91 Å². The van der Waals surface area contributed by atoms with E-state index in [1.165, 1.54) is 16.7 Å². The summed E-state index contributed by atoms with van der Waals surface area (Å²) in [4.78, 5) is 14.5. The van der Waals surface area contributed by atoms with Crippen LogP contribution < -0.4 is 0 Å². The molecule has 2 nitrogen and oxygen atoms in total. The van der Waals surface area contributed by atoms with Crippen molar-refractivity contribution in [3.8, 4) is 11.1 Å². The van der Waals surface area contributed by atoms with Gasteiger partial charge in [0.1, 0.15) is 0 Å². The highest BCUT2D eigenvalue weighted by Gasteiger charge is 2.20. The lowest BCUT2D eigenvalue weighted by Gasteiger charge is -2.17. The molecule has 1 aliphatic rings. The minimum Gasteiger partial charge on any atom is -0.339 e. The van der Waals surface area contributed by atoms with Gasteiger partial charge in [0.15, 0.2) is 0 Å². The Hall–Kier alpha value is -2.09. The van der Waals surface area contributed by atoms with E-state index in [2.05, 4.69) is 44.2 Å². The highest BCUT2D eigenvalue weighted by molar-refractivity contribution is 5.96. The van der Waals surface area contributed by atoms with Gasteiger partial charge in [-0.1, -0.05) is 30.3 Å². The fraction of sp³-hybridized carbons (Fsp3) is 0.316. The second-order valence-electron chi connectivity index (χ2n) is 5.84. The van der Waals surface area contributed by atoms with Gasteiger partial charge in [-0.25, -0.2) is 0 Å². The Labute approximate surface area is 126 Å². The van der Waals surface area contributed by atoms with Crippen LogP contribution in [0.4, 0.5) is 0 Å². The molecule has 1 heterocycles. The molecule has 0 saturated carbocycles. The number of carbonyl (C=O) groups is 1. The number of likely N-dealkylation sites (tertiary alicyclic amines) is 1. The Kier molecular flexibility index (Phi) is 3.78. The first-order valence-electron chi connectivity index (χ1n) is 7.63. The first-order chi connectivity index (χ1) is 10.2. The van der Waals surface area contributed by atoms with Crippen LogP contribution in [0.2, 0.25) is 0 Å². The molecule has 0 radical (unpaired) electrons. The summed E-state index contributed by atoms with van der Waals surface area (Å²) in [6.07, 6.45) is 2.25. The Morgan fingerprint density at radius 1 is 0.905 bits per heavy atom. The van der Waals surface area contributed by atoms with E-state index in [1.54, 1.807) is 0 Å². The number of rotatable bonds is 2. The molecule has 1 amide bonds. The van der Waals surface area contributed by atoms with E-state index < -0.39 is 0 Å². The molecule has 0 atom stereocenters. The van der Waals surface area contributed by atoms with Gasteiger partial charge in [-0.2, -0.15) is 0 Å². The molecular weight excluding hydrogens is 258 g/mol. The van der Waals surface area contributed by atoms with Gasteiger partial charge in [-0.05, 0) is 61.1 Å². The van der Waals surface area contributed by atoms with Gasteiger partial charge >= 0.3 is 0 Å². The Balaban J connectivity index is 2.00. The number of carbonyl (C=O) groups excluding carboxylic acids is 1. The largest absolute Gasteiger partial charge is 0.339 e. The van der Waals surface area contributed by atoms with Crippen LogP contribution in [0.1, 0.15) is 34.3 Å². The third-order valence-corrected chi connectivity index (χ3v) is 4.31. The van der Waals surface area contributed by atoms with Crippen molar-refractivity contribution in [2.24, 2.45) is 0 Å². The number of amides is 1. The molecule has 0 bridgehead atoms. The zero-order valence-corrected chi connectivity index (χ0v) is 12.7. The molecule has 21 heavy (non-hydrogen) atoms. The Bertz CT molecular complexity index is 669. The summed E-state index contributed by atoms with van der Waals surface area (Å²) in [6, 6.07) is 14.4. The lowest BCUT2D eigenvalue weighted by molar-refractivity contribution is 0.0793. The summed E-state index contributed by atoms with van der Waals surface area (Å²) in [6.45, 7) is 6.01. The van der Waals surface area contributed by atoms with Gasteiger partial charge in [-0.15, -0.1) is 0 Å². The normalized spacial score (nSPS) is 14.5. The van der Waals surface area contributed by atoms with E-state index in [9.17, 15) is 4.79 Å². The molecule has 0 spiro atoms. The van der Waals surface area contributed by atoms with Crippen LogP contribution in [0.15, 0.2) is 42.5 Å². The SMILES string of the molecule is Cc1ccccc1-c1cc(C(=O)N2CCCC2)ccc1C. The average Bonchev–Trinajstić information content (AvgIpc) is 3.02. The summed E-state index contributed by atoms with van der Waals surface area (Å²) in [5, 5.41) is 0. The van der Waals surface area contributed by atoms with Gasteiger partial charge < -0.3 is 4.90 Å². The van der Waals surface area contributed by atoms with Crippen molar-refractivity contribution in [1.29, 1.82) is 0 Å². The maximum absolute atomic E-state index is 12.6. The van der Waals surface area contributed by atoms with Crippen LogP contribution in [0.25, 0.3) is 11.1 Å². The van der Waals surface area contributed by atoms with Gasteiger partial charge in [0.25, 0.3) is 5.91 Å². The van der Waals surface area contributed by atoms with E-state index in [0.29, 0.717) is 0 Å². The minimum absolute atomic E-state index is 0.169. The molecular formula is C19H21NO. The van der Waals surface area contributed by atoms with Crippen LogP contribution in [-0.2, 0) is 0 Å². The minimum atomic E-state index is 0.169. The quantitative estimate of drug-likeness (QED) is 0.806. The van der Waals surface area contributed by atoms with Gasteiger partial charge in [0.05, 0.1) is 0 Å². The summed E-state index contributed by atoms with van der Waals surface area (Å²) < 4.78 is 0. The van der Waals surface area contributed by atoms with Crippen LogP contribution in [0.5, 0.6) is 0 Å². The van der Waals surface area contributed by atoms with Crippen LogP contribution in [0.3, 0.4) is 0 Å². The Morgan fingerprint density at radius 2 is 1.57 bits per heavy atom. The number of nitrogens with zero attached hydrogens (tertiary/aromatic N) is 1. The van der Waals surface area contributed by atoms with Crippen LogP contribution in [-0.4, -0.2) is 23.9 Å². The van der Waals surface area contributed by atoms with Crippen LogP contribution >= 0.6 is 0 Å². The van der Waals surface area contributed by atoms with Crippen molar-refractivity contribution in [2.45, 2.75) is 26.7 Å². The fourth-order valence-corrected chi connectivity index (χ4v) is 3.02. The fourth-order valence-electron chi connectivity index (χ4n) is 3.02. The van der Waals surface area contributed by atoms with Gasteiger partial charge in [0.2, 0.25) is 0 Å². The first kappa shape index (κ1) is 13.9. The summed E-state index contributed by atoms with van der Waals surface area (Å²) in [5.74, 6) is 0.169. The molecule has 1 fully saturated rings. The molecule has 3 rings (SSSR count). The summed E-state index contributed by atoms with van der Waals surface area (Å²) >= 11 is 0. The van der Waals surface area contributed by atoms with Crippen molar-refractivity contribution in [1.82, 2.24) is 4.90 Å². The van der Waals surface area contributed by atoms with Crippen LogP contribution in [0, 0.1) is 13.8 Å². The maximum Gasteiger partial charge on any atom is 0.253 e. The van der Waals surface area contributed by atoms with E-state index in [1.807, 2.05) is 17.0 Å². The molecule has 1 aliphatic heterocycles. The zero-order chi connectivity index (χ0) is 14.8. The highest BCUT2D eigenvalue weighted by atomic mass is 16.2. The van der Waals surface area contributed by atoms with Gasteiger partial charge in [-0.3, -0.25) is 4.79 Å². The standard InChI is InChI=1S/C19H21NO/c1-14-7-3-4-8-17(14)18-13-16(10-9-15(18)2)19(21)20-11-5-6-12-20/h3-4,7-10,13H,5-6,11-12H2,1-2H3. The predicted molar refractivity (Wildman–Crippen MR) is 86.5 cm³/mol. The number of hydrogen-bond acceptors (Lipinski definition) is 1. The third-order valence-electron chi connectivity index (χ3n) is 4.31. The second kappa shape index (κ2) is 5.72. The number of hydrogen-bond donors (Lipinski definition) is 0. The first-order valence-corrected chi connectivity index (χ1v) is 7.63. The molecule has 0 aromatic heterocycles. The smallest absolute Gasteiger partial charge is 0.253 e. The van der Waals surface area contributed by atoms with Crippen molar-refractivity contribution in [3.05, 3.63) is 59.2 Å². The molecule has 108 valence electrons. The molecule has 1 saturated heterocycles. The zero-order valence-electron chi connectivity index (χ0n) is 12.7. The summed E-state index contributed by atoms with van der Waals surface area (Å²) in [5.41, 5.74) is 5.64. The predicted octanol–water partition coefficient (Wildman–Crippen LogP) is 4.21. The van der Waals surface area contributed by atoms with Crippen molar-refractivity contribution in [2.75, 3.05) is 13.1 Å². The lowest BCUT2D eigenvalue weighted by Crippen LogP contribution is -2.27. The van der Waals surface area contributed by atoms with Crippen molar-refractivity contribution >= 4 is 5.91 Å². The lowest BCUT2D eigenvalue weighted by atomic mass is 9.94.